The first-order chi connectivity index (χ1) is 12.0. The molecule has 1 heterocycles. The van der Waals surface area contributed by atoms with Crippen LogP contribution in [0.2, 0.25) is 5.02 Å². The molecule has 6 heteroatoms. The van der Waals surface area contributed by atoms with E-state index in [0.717, 1.165) is 5.56 Å². The van der Waals surface area contributed by atoms with Crippen molar-refractivity contribution in [2.45, 2.75) is 13.0 Å². The van der Waals surface area contributed by atoms with E-state index in [9.17, 15) is 9.59 Å². The van der Waals surface area contributed by atoms with Gasteiger partial charge in [0.05, 0.1) is 17.3 Å². The van der Waals surface area contributed by atoms with Crippen LogP contribution in [-0.4, -0.2) is 20.6 Å². The molecule has 0 radical (unpaired) electrons. The van der Waals surface area contributed by atoms with E-state index in [0.29, 0.717) is 21.7 Å². The lowest BCUT2D eigenvalue weighted by molar-refractivity contribution is -0.137. The van der Waals surface area contributed by atoms with Crippen LogP contribution in [0.4, 0.5) is 0 Å². The van der Waals surface area contributed by atoms with Crippen LogP contribution in [0.25, 0.3) is 23.1 Å². The second kappa shape index (κ2) is 7.32. The van der Waals surface area contributed by atoms with Gasteiger partial charge in [-0.25, -0.2) is 4.98 Å². The van der Waals surface area contributed by atoms with Gasteiger partial charge in [-0.15, -0.1) is 0 Å². The lowest BCUT2D eigenvalue weighted by atomic mass is 10.2. The third-order valence-corrected chi connectivity index (χ3v) is 3.99. The predicted octanol–water partition coefficient (Wildman–Crippen LogP) is 3.70. The van der Waals surface area contributed by atoms with Crippen LogP contribution in [-0.2, 0) is 11.3 Å². The number of halogens is 1. The minimum atomic E-state index is -0.965. The topological polar surface area (TPSA) is 72.2 Å². The molecule has 1 N–H and O–H groups in total. The third-order valence-electron chi connectivity index (χ3n) is 3.74. The highest BCUT2D eigenvalue weighted by Gasteiger charge is 2.10. The summed E-state index contributed by atoms with van der Waals surface area (Å²) in [6.45, 7) is 0.0618. The number of carboxylic acids is 1. The molecule has 0 saturated carbocycles. The van der Waals surface area contributed by atoms with E-state index in [-0.39, 0.29) is 18.5 Å². The van der Waals surface area contributed by atoms with E-state index < -0.39 is 5.97 Å². The molecule has 0 aliphatic carbocycles. The first kappa shape index (κ1) is 16.9. The summed E-state index contributed by atoms with van der Waals surface area (Å²) in [4.78, 5) is 28.1. The first-order valence-corrected chi connectivity index (χ1v) is 8.07. The molecule has 1 aromatic heterocycles. The highest BCUT2D eigenvalue weighted by atomic mass is 35.5. The number of carbonyl (C=O) groups is 1. The molecule has 0 atom stereocenters. The lowest BCUT2D eigenvalue weighted by Gasteiger charge is -2.10. The number of aromatic nitrogens is 2. The largest absolute Gasteiger partial charge is 0.481 e. The summed E-state index contributed by atoms with van der Waals surface area (Å²) in [6.07, 6.45) is 3.37. The first-order valence-electron chi connectivity index (χ1n) is 7.69. The minimum absolute atomic E-state index is 0.0618. The number of hydrogen-bond donors (Lipinski definition) is 1. The second-order valence-corrected chi connectivity index (χ2v) is 5.91. The van der Waals surface area contributed by atoms with Gasteiger partial charge in [-0.2, -0.15) is 0 Å². The SMILES string of the molecule is O=C(O)CCn1c(/C=C/c2ccc(Cl)cc2)nc2ccccc2c1=O. The molecule has 0 bridgehead atoms. The zero-order valence-corrected chi connectivity index (χ0v) is 14.0. The maximum atomic E-state index is 12.7. The Labute approximate surface area is 148 Å². The Hall–Kier alpha value is -2.92. The molecule has 0 saturated heterocycles. The number of fused-ring (bicyclic) bond motifs is 1. The average molecular weight is 355 g/mol. The molecule has 0 unspecified atom stereocenters. The Kier molecular flexibility index (Phi) is 4.95. The minimum Gasteiger partial charge on any atom is -0.481 e. The quantitative estimate of drug-likeness (QED) is 0.758. The van der Waals surface area contributed by atoms with Gasteiger partial charge in [0.15, 0.2) is 0 Å². The van der Waals surface area contributed by atoms with Gasteiger partial charge in [0.2, 0.25) is 0 Å². The fourth-order valence-electron chi connectivity index (χ4n) is 2.48. The monoisotopic (exact) mass is 354 g/mol. The fourth-order valence-corrected chi connectivity index (χ4v) is 2.61. The molecular weight excluding hydrogens is 340 g/mol. The van der Waals surface area contributed by atoms with Gasteiger partial charge in [-0.05, 0) is 35.9 Å². The lowest BCUT2D eigenvalue weighted by Crippen LogP contribution is -2.25. The molecule has 0 fully saturated rings. The van der Waals surface area contributed by atoms with E-state index in [1.165, 1.54) is 4.57 Å². The zero-order chi connectivity index (χ0) is 17.8. The van der Waals surface area contributed by atoms with Gasteiger partial charge in [0.25, 0.3) is 5.56 Å². The Bertz CT molecular complexity index is 1010. The van der Waals surface area contributed by atoms with Gasteiger partial charge < -0.3 is 5.11 Å². The molecule has 0 aliphatic rings. The summed E-state index contributed by atoms with van der Waals surface area (Å²) in [5, 5.41) is 10.0. The van der Waals surface area contributed by atoms with Gasteiger partial charge in [0.1, 0.15) is 5.82 Å². The van der Waals surface area contributed by atoms with E-state index in [1.54, 1.807) is 36.4 Å². The van der Waals surface area contributed by atoms with Crippen molar-refractivity contribution in [2.24, 2.45) is 0 Å². The fraction of sp³-hybridized carbons (Fsp3) is 0.105. The summed E-state index contributed by atoms with van der Waals surface area (Å²) >= 11 is 5.87. The summed E-state index contributed by atoms with van der Waals surface area (Å²) in [6, 6.07) is 14.3. The Morgan fingerprint density at radius 3 is 2.56 bits per heavy atom. The highest BCUT2D eigenvalue weighted by molar-refractivity contribution is 6.30. The summed E-state index contributed by atoms with van der Waals surface area (Å²) < 4.78 is 1.39. The van der Waals surface area contributed by atoms with Crippen LogP contribution in [0, 0.1) is 0 Å². The molecule has 3 aromatic rings. The normalized spacial score (nSPS) is 11.2. The van der Waals surface area contributed by atoms with E-state index >= 15 is 0 Å². The molecule has 0 amide bonds. The molecule has 0 aliphatic heterocycles. The van der Waals surface area contributed by atoms with Crippen molar-refractivity contribution in [2.75, 3.05) is 0 Å². The van der Waals surface area contributed by atoms with Crippen LogP contribution in [0.3, 0.4) is 0 Å². The Morgan fingerprint density at radius 2 is 1.84 bits per heavy atom. The zero-order valence-electron chi connectivity index (χ0n) is 13.2. The van der Waals surface area contributed by atoms with Crippen molar-refractivity contribution >= 4 is 40.6 Å². The van der Waals surface area contributed by atoms with Crippen LogP contribution >= 0.6 is 11.6 Å². The molecule has 5 nitrogen and oxygen atoms in total. The predicted molar refractivity (Wildman–Crippen MR) is 98.6 cm³/mol. The number of rotatable bonds is 5. The summed E-state index contributed by atoms with van der Waals surface area (Å²) in [7, 11) is 0. The van der Waals surface area contributed by atoms with E-state index in [2.05, 4.69) is 4.98 Å². The molecule has 126 valence electrons. The summed E-state index contributed by atoms with van der Waals surface area (Å²) in [5.74, 6) is -0.549. The van der Waals surface area contributed by atoms with E-state index in [4.69, 9.17) is 16.7 Å². The van der Waals surface area contributed by atoms with Gasteiger partial charge in [-0.3, -0.25) is 14.2 Å². The molecule has 0 spiro atoms. The van der Waals surface area contributed by atoms with Gasteiger partial charge in [-0.1, -0.05) is 41.9 Å². The second-order valence-electron chi connectivity index (χ2n) is 5.47. The smallest absolute Gasteiger partial charge is 0.305 e. The Balaban J connectivity index is 2.07. The van der Waals surface area contributed by atoms with Crippen molar-refractivity contribution < 1.29 is 9.90 Å². The number of para-hydroxylation sites is 1. The summed E-state index contributed by atoms with van der Waals surface area (Å²) in [5.41, 5.74) is 1.23. The average Bonchev–Trinajstić information content (AvgIpc) is 2.60. The van der Waals surface area contributed by atoms with Gasteiger partial charge >= 0.3 is 5.97 Å². The van der Waals surface area contributed by atoms with Crippen LogP contribution in [0.1, 0.15) is 17.8 Å². The van der Waals surface area contributed by atoms with Crippen LogP contribution < -0.4 is 5.56 Å². The maximum Gasteiger partial charge on any atom is 0.305 e. The van der Waals surface area contributed by atoms with Crippen molar-refractivity contribution in [3.63, 3.8) is 0 Å². The van der Waals surface area contributed by atoms with Crippen molar-refractivity contribution in [3.05, 3.63) is 75.3 Å². The number of hydrogen-bond acceptors (Lipinski definition) is 3. The molecule has 3 rings (SSSR count). The standard InChI is InChI=1S/C19H15ClN2O3/c20-14-8-5-13(6-9-14)7-10-17-21-16-4-2-1-3-15(16)19(25)22(17)12-11-18(23)24/h1-10H,11-12H2,(H,23,24)/b10-7+. The third kappa shape index (κ3) is 3.95. The number of aliphatic carboxylic acids is 1. The van der Waals surface area contributed by atoms with Gasteiger partial charge in [0, 0.05) is 11.6 Å². The maximum absolute atomic E-state index is 12.7. The molecular formula is C19H15ClN2O3. The number of benzene rings is 2. The van der Waals surface area contributed by atoms with E-state index in [1.807, 2.05) is 24.3 Å². The van der Waals surface area contributed by atoms with Crippen LogP contribution in [0.15, 0.2) is 53.3 Å². The highest BCUT2D eigenvalue weighted by Crippen LogP contribution is 2.14. The number of carboxylic acid groups (broad SMARTS) is 1. The van der Waals surface area contributed by atoms with Crippen LogP contribution in [0.5, 0.6) is 0 Å². The molecule has 2 aromatic carbocycles. The van der Waals surface area contributed by atoms with Crippen molar-refractivity contribution in [1.29, 1.82) is 0 Å². The van der Waals surface area contributed by atoms with Crippen molar-refractivity contribution in [3.8, 4) is 0 Å². The Morgan fingerprint density at radius 1 is 1.12 bits per heavy atom. The molecule has 25 heavy (non-hydrogen) atoms. The van der Waals surface area contributed by atoms with Crippen molar-refractivity contribution in [1.82, 2.24) is 9.55 Å². The number of nitrogens with zero attached hydrogens (tertiary/aromatic N) is 2.